The van der Waals surface area contributed by atoms with Crippen molar-refractivity contribution in [3.05, 3.63) is 93.0 Å². The first-order chi connectivity index (χ1) is 33.8. The average molecular weight is 1210 g/mol. The second-order valence-corrected chi connectivity index (χ2v) is 22.2. The van der Waals surface area contributed by atoms with E-state index in [4.69, 9.17) is 0 Å². The first-order valence-corrected chi connectivity index (χ1v) is 27.1. The van der Waals surface area contributed by atoms with Gasteiger partial charge in [-0.2, -0.15) is 10.2 Å². The molecular weight excluding hydrogens is 1180 g/mol. The monoisotopic (exact) mass is 1200 g/mol. The van der Waals surface area contributed by atoms with Gasteiger partial charge in [-0.3, -0.25) is 20.2 Å². The van der Waals surface area contributed by atoms with Gasteiger partial charge in [0.1, 0.15) is 72.5 Å². The van der Waals surface area contributed by atoms with Crippen LogP contribution in [0.2, 0.25) is 0 Å². The number of non-ortho nitro benzene ring substituents is 2. The van der Waals surface area contributed by atoms with Crippen LogP contribution in [0.5, 0.6) is 23.0 Å². The summed E-state index contributed by atoms with van der Waals surface area (Å²) in [7, 11) is -31.4. The Labute approximate surface area is 439 Å². The van der Waals surface area contributed by atoms with Crippen LogP contribution >= 0.6 is 0 Å². The zero-order valence-corrected chi connectivity index (χ0v) is 41.7. The minimum atomic E-state index is -5.53. The minimum absolute atomic E-state index is 0. The maximum atomic E-state index is 13.0. The summed E-state index contributed by atoms with van der Waals surface area (Å²) in [6.45, 7) is 0. The Balaban J connectivity index is -0.000000676. The van der Waals surface area contributed by atoms with Gasteiger partial charge in [0, 0.05) is 35.6 Å². The van der Waals surface area contributed by atoms with E-state index < -0.39 is 159 Å². The van der Waals surface area contributed by atoms with Crippen molar-refractivity contribution in [2.24, 2.45) is 20.5 Å². The summed E-state index contributed by atoms with van der Waals surface area (Å²) in [6.07, 6.45) is 0. The van der Waals surface area contributed by atoms with E-state index in [1.165, 1.54) is 0 Å². The molecule has 0 aliphatic heterocycles. The summed E-state index contributed by atoms with van der Waals surface area (Å²) >= 11 is 0. The SMILES string of the molecule is O=[N+]([O-])c1cc(N=Nc2c(S(=O)(=O)[O-])cc3ccc(NCS(=O)(=O)[O-])cc3c2[O-])c([O-])c(S(=O)(=O)[O-])c1.O=[N+]([O-])c1cc(N=Nc2c(S(=O)(=O)[O-])cc3ccc(NCS(=O)(=O)[O-])cc3c2[O-])c([O-])c(S(=O)(=O)[O-])c1.[Cr+3].[H+].[H+].[H+].[H+].[H+].[H+].[H+]. The Morgan fingerprint density at radius 1 is 0.427 bits per heavy atom. The second kappa shape index (κ2) is 21.8. The van der Waals surface area contributed by atoms with Gasteiger partial charge < -0.3 is 58.4 Å². The molecule has 0 bridgehead atoms. The summed E-state index contributed by atoms with van der Waals surface area (Å²) in [5.41, 5.74) is -7.00. The maximum Gasteiger partial charge on any atom is 3.00 e. The Morgan fingerprint density at radius 2 is 0.733 bits per heavy atom. The predicted octanol–water partition coefficient (Wildman–Crippen LogP) is 0.852. The Bertz CT molecular complexity index is 3910. The van der Waals surface area contributed by atoms with Gasteiger partial charge in [0.05, 0.1) is 52.2 Å². The van der Waals surface area contributed by atoms with E-state index in [1.54, 1.807) is 0 Å². The third-order valence-corrected chi connectivity index (χ3v) is 13.4. The molecule has 0 atom stereocenters. The standard InChI is InChI=1S/2C17H14N4O13S3.Cr/c2*22-16-11-4-9(18-7-35(26,27)28)2-1-8(11)3-13(36(29,30)31)15(16)20-19-12-5-10(21(24)25)6-14(17(12)23)37(32,33)34;/h2*1-6,18,22-23H,7H2,(H,26,27,28)(H,29,30,31)(H,32,33,34);/q;;+3/p-3. The van der Waals surface area contributed by atoms with Gasteiger partial charge in [-0.15, -0.1) is 10.2 Å². The van der Waals surface area contributed by atoms with Crippen molar-refractivity contribution in [2.75, 3.05) is 22.4 Å². The van der Waals surface area contributed by atoms with E-state index in [9.17, 15) is 118 Å². The molecule has 41 heteroatoms. The van der Waals surface area contributed by atoms with Crippen LogP contribution in [-0.4, -0.2) is 99.4 Å². The Morgan fingerprint density at radius 3 is 1.00 bits per heavy atom. The molecule has 0 saturated heterocycles. The van der Waals surface area contributed by atoms with Gasteiger partial charge >= 0.3 is 27.3 Å². The van der Waals surface area contributed by atoms with E-state index in [-0.39, 0.29) is 72.4 Å². The van der Waals surface area contributed by atoms with Gasteiger partial charge in [0.2, 0.25) is 0 Å². The number of hydrogen-bond acceptors (Lipinski definition) is 32. The summed E-state index contributed by atoms with van der Waals surface area (Å²) in [4.78, 5) is 14.2. The summed E-state index contributed by atoms with van der Waals surface area (Å²) in [6, 6.07) is 9.01. The molecule has 0 fully saturated rings. The molecule has 399 valence electrons. The fourth-order valence-corrected chi connectivity index (χ4v) is 9.04. The van der Waals surface area contributed by atoms with Crippen LogP contribution in [0.15, 0.2) is 113 Å². The van der Waals surface area contributed by atoms with Crippen molar-refractivity contribution >= 4 is 128 Å². The quantitative estimate of drug-likeness (QED) is 0.0587. The molecule has 6 aromatic rings. The molecule has 0 amide bonds. The van der Waals surface area contributed by atoms with Crippen LogP contribution < -0.4 is 31.1 Å². The normalized spacial score (nSPS) is 12.6. The minimum Gasteiger partial charge on any atom is -0.871 e. The molecule has 34 nitrogen and oxygen atoms in total. The van der Waals surface area contributed by atoms with Gasteiger partial charge in [-0.25, -0.2) is 50.5 Å². The number of rotatable bonds is 16. The van der Waals surface area contributed by atoms with Crippen LogP contribution in [0, 0.1) is 20.2 Å². The van der Waals surface area contributed by atoms with E-state index in [0.29, 0.717) is 24.3 Å². The molecule has 0 aromatic heterocycles. The van der Waals surface area contributed by atoms with Crippen molar-refractivity contribution in [1.29, 1.82) is 0 Å². The van der Waals surface area contributed by atoms with Crippen LogP contribution in [0.1, 0.15) is 9.99 Å². The number of azo groups is 2. The third-order valence-electron chi connectivity index (χ3n) is 9.03. The molecular formula is C34H25CrN8O26S6. The van der Waals surface area contributed by atoms with Crippen molar-refractivity contribution in [1.82, 2.24) is 0 Å². The summed E-state index contributed by atoms with van der Waals surface area (Å²) < 4.78 is 203. The largest absolute Gasteiger partial charge is 3.00 e. The first-order valence-electron chi connectivity index (χ1n) is 18.3. The maximum absolute atomic E-state index is 13.0. The van der Waals surface area contributed by atoms with Crippen molar-refractivity contribution in [2.45, 2.75) is 19.6 Å². The number of benzene rings is 6. The van der Waals surface area contributed by atoms with Crippen LogP contribution in [-0.2, 0) is 78.1 Å². The van der Waals surface area contributed by atoms with E-state index in [1.807, 2.05) is 0 Å². The second-order valence-electron chi connectivity index (χ2n) is 14.0. The smallest absolute Gasteiger partial charge is 0.871 e. The van der Waals surface area contributed by atoms with Crippen LogP contribution in [0.4, 0.5) is 45.5 Å². The molecule has 0 spiro atoms. The van der Waals surface area contributed by atoms with Crippen LogP contribution in [0.3, 0.4) is 0 Å². The van der Waals surface area contributed by atoms with Crippen molar-refractivity contribution in [3.8, 4) is 23.0 Å². The van der Waals surface area contributed by atoms with E-state index in [0.717, 1.165) is 36.4 Å². The zero-order chi connectivity index (χ0) is 55.8. The third kappa shape index (κ3) is 14.9. The fraction of sp³-hybridized carbons (Fsp3) is 0.0588. The number of nitro groups is 2. The first kappa shape index (κ1) is 60.2. The topological polar surface area (TPSA) is 595 Å². The number of anilines is 2. The van der Waals surface area contributed by atoms with Gasteiger partial charge in [0.25, 0.3) is 11.4 Å². The number of nitrogens with zero attached hydrogens (tertiary/aromatic N) is 6. The van der Waals surface area contributed by atoms with Gasteiger partial charge in [-0.05, 0) is 57.9 Å². The molecule has 1 radical (unpaired) electrons. The molecule has 6 rings (SSSR count). The molecule has 75 heavy (non-hydrogen) atoms. The number of nitrogens with one attached hydrogen (secondary N) is 2. The zero-order valence-electron chi connectivity index (χ0n) is 42.5. The summed E-state index contributed by atoms with van der Waals surface area (Å²) in [5, 5.41) is 88.9. The van der Waals surface area contributed by atoms with Crippen LogP contribution in [0.25, 0.3) is 21.5 Å². The Kier molecular flexibility index (Phi) is 17.5. The predicted molar refractivity (Wildman–Crippen MR) is 236 cm³/mol. The molecule has 0 unspecified atom stereocenters. The van der Waals surface area contributed by atoms with Gasteiger partial charge in [0.15, 0.2) is 0 Å². The Hall–Kier alpha value is -7.37. The molecule has 6 aromatic carbocycles. The molecule has 0 heterocycles. The van der Waals surface area contributed by atoms with Crippen molar-refractivity contribution < 1.29 is 135 Å². The molecule has 2 N–H and O–H groups in total. The van der Waals surface area contributed by atoms with Crippen molar-refractivity contribution in [3.63, 3.8) is 0 Å². The van der Waals surface area contributed by atoms with E-state index in [2.05, 4.69) is 31.1 Å². The molecule has 0 aliphatic carbocycles. The fourth-order valence-electron chi connectivity index (χ4n) is 5.87. The van der Waals surface area contributed by atoms with E-state index >= 15 is 0 Å². The number of fused-ring (bicyclic) bond motifs is 2. The number of hydrogen-bond donors (Lipinski definition) is 2. The molecule has 0 saturated carbocycles. The number of nitro benzene ring substituents is 2. The summed E-state index contributed by atoms with van der Waals surface area (Å²) in [5.74, 6) is -8.05. The van der Waals surface area contributed by atoms with Gasteiger partial charge in [-0.1, -0.05) is 35.1 Å². The average Bonchev–Trinajstić information content (AvgIpc) is 3.25. The molecule has 0 aliphatic rings.